The Kier molecular flexibility index (Phi) is 38.2. The minimum atomic E-state index is -4.53. The van der Waals surface area contributed by atoms with Gasteiger partial charge < -0.3 is 27.9 Å². The van der Waals surface area contributed by atoms with Gasteiger partial charge in [0.2, 0.25) is 0 Å². The molecule has 0 aliphatic rings. The summed E-state index contributed by atoms with van der Waals surface area (Å²) < 4.78 is 34.6. The van der Waals surface area contributed by atoms with Crippen molar-refractivity contribution in [3.05, 3.63) is 48.6 Å². The van der Waals surface area contributed by atoms with Gasteiger partial charge in [-0.05, 0) is 70.6 Å². The Labute approximate surface area is 339 Å². The second kappa shape index (κ2) is 39.3. The van der Waals surface area contributed by atoms with Gasteiger partial charge in [-0.2, -0.15) is 0 Å². The standard InChI is InChI=1S/C46H86NO7P/c1-6-8-10-12-14-16-18-20-22-24-25-27-29-31-33-35-37-39-46(48)54-45(44-53-55(49,50)52-42-40-47(3,4)5)43-51-41-38-36-34-32-30-28-26-23-21-19-17-15-13-11-9-7-2/h9,11,15,17,20-23,45H,6-8,10,12-14,16,18-19,24-44H2,1-5H3/b11-9-,17-15-,22-20-,23-21-. The second-order valence-corrected chi connectivity index (χ2v) is 17.4. The molecule has 0 saturated carbocycles. The van der Waals surface area contributed by atoms with Gasteiger partial charge in [0.1, 0.15) is 19.3 Å². The lowest BCUT2D eigenvalue weighted by Crippen LogP contribution is -2.37. The van der Waals surface area contributed by atoms with Crippen LogP contribution in [0.4, 0.5) is 0 Å². The predicted octanol–water partition coefficient (Wildman–Crippen LogP) is 12.5. The van der Waals surface area contributed by atoms with Crippen molar-refractivity contribution < 1.29 is 37.3 Å². The lowest BCUT2D eigenvalue weighted by Gasteiger charge is -2.28. The van der Waals surface area contributed by atoms with Crippen LogP contribution in [-0.2, 0) is 27.9 Å². The number of carbonyl (C=O) groups excluding carboxylic acids is 1. The number of hydrogen-bond acceptors (Lipinski definition) is 7. The molecule has 0 aliphatic carbocycles. The third-order valence-electron chi connectivity index (χ3n) is 9.36. The zero-order chi connectivity index (χ0) is 40.6. The Morgan fingerprint density at radius 3 is 1.60 bits per heavy atom. The fourth-order valence-corrected chi connectivity index (χ4v) is 6.64. The van der Waals surface area contributed by atoms with E-state index in [1.807, 2.05) is 21.1 Å². The highest BCUT2D eigenvalue weighted by atomic mass is 31.2. The Morgan fingerprint density at radius 2 is 1.05 bits per heavy atom. The van der Waals surface area contributed by atoms with Crippen LogP contribution in [0.1, 0.15) is 181 Å². The molecule has 0 aromatic carbocycles. The first kappa shape index (κ1) is 53.5. The molecule has 0 bridgehead atoms. The number of carbonyl (C=O) groups is 1. The molecule has 55 heavy (non-hydrogen) atoms. The van der Waals surface area contributed by atoms with Crippen molar-refractivity contribution in [2.75, 3.05) is 54.1 Å². The van der Waals surface area contributed by atoms with Crippen molar-refractivity contribution in [3.63, 3.8) is 0 Å². The van der Waals surface area contributed by atoms with Gasteiger partial charge in [-0.25, -0.2) is 0 Å². The topological polar surface area (TPSA) is 94.1 Å². The summed E-state index contributed by atoms with van der Waals surface area (Å²) in [6, 6.07) is 0. The van der Waals surface area contributed by atoms with Crippen LogP contribution >= 0.6 is 7.82 Å². The SMILES string of the molecule is CC/C=C\C/C=C\C/C=C\CCCCCCCCOCC(COP(=O)([O-])OCC[N+](C)(C)C)OC(=O)CCCCCCCCC/C=C\CCCCCCCC. The first-order valence-corrected chi connectivity index (χ1v) is 23.8. The molecule has 0 aliphatic heterocycles. The molecule has 0 spiro atoms. The van der Waals surface area contributed by atoms with Gasteiger partial charge in [-0.3, -0.25) is 9.36 Å². The van der Waals surface area contributed by atoms with Crippen LogP contribution in [0.5, 0.6) is 0 Å². The molecule has 0 heterocycles. The lowest BCUT2D eigenvalue weighted by molar-refractivity contribution is -0.870. The van der Waals surface area contributed by atoms with Crippen LogP contribution in [-0.4, -0.2) is 70.7 Å². The average Bonchev–Trinajstić information content (AvgIpc) is 3.13. The molecule has 8 nitrogen and oxygen atoms in total. The first-order chi connectivity index (χ1) is 26.6. The highest BCUT2D eigenvalue weighted by Crippen LogP contribution is 2.38. The molecule has 0 saturated heterocycles. The van der Waals surface area contributed by atoms with E-state index in [1.165, 1.54) is 96.3 Å². The summed E-state index contributed by atoms with van der Waals surface area (Å²) >= 11 is 0. The summed E-state index contributed by atoms with van der Waals surface area (Å²) in [5.74, 6) is -0.345. The van der Waals surface area contributed by atoms with Gasteiger partial charge in [-0.1, -0.05) is 152 Å². The molecule has 0 aromatic rings. The Hall–Kier alpha value is -1.54. The van der Waals surface area contributed by atoms with Crippen molar-refractivity contribution in [1.29, 1.82) is 0 Å². The molecule has 0 amide bonds. The molecule has 9 heteroatoms. The minimum Gasteiger partial charge on any atom is -0.756 e. The van der Waals surface area contributed by atoms with Crippen LogP contribution in [0.25, 0.3) is 0 Å². The quantitative estimate of drug-likeness (QED) is 0.0200. The summed E-state index contributed by atoms with van der Waals surface area (Å²) in [4.78, 5) is 25.1. The van der Waals surface area contributed by atoms with E-state index in [1.54, 1.807) is 0 Å². The maximum absolute atomic E-state index is 12.7. The number of ether oxygens (including phenoxy) is 2. The minimum absolute atomic E-state index is 0.0211. The number of phosphoric ester groups is 1. The van der Waals surface area contributed by atoms with Gasteiger partial charge in [0.15, 0.2) is 0 Å². The summed E-state index contributed by atoms with van der Waals surface area (Å²) in [7, 11) is 1.34. The molecule has 0 fully saturated rings. The summed E-state index contributed by atoms with van der Waals surface area (Å²) in [6.45, 7) is 5.26. The zero-order valence-corrected chi connectivity index (χ0v) is 37.3. The van der Waals surface area contributed by atoms with E-state index in [4.69, 9.17) is 18.5 Å². The maximum atomic E-state index is 12.7. The Morgan fingerprint density at radius 1 is 0.582 bits per heavy atom. The molecule has 322 valence electrons. The van der Waals surface area contributed by atoms with Crippen molar-refractivity contribution >= 4 is 13.8 Å². The Bertz CT molecular complexity index is 1020. The smallest absolute Gasteiger partial charge is 0.306 e. The fraction of sp³-hybridized carbons (Fsp3) is 0.804. The summed E-state index contributed by atoms with van der Waals surface area (Å²) in [5.41, 5.74) is 0. The van der Waals surface area contributed by atoms with Gasteiger partial charge in [0.05, 0.1) is 34.4 Å². The zero-order valence-electron chi connectivity index (χ0n) is 36.4. The fourth-order valence-electron chi connectivity index (χ4n) is 5.91. The van der Waals surface area contributed by atoms with E-state index in [0.717, 1.165) is 64.2 Å². The third kappa shape index (κ3) is 43.4. The maximum Gasteiger partial charge on any atom is 0.306 e. The number of esters is 1. The van der Waals surface area contributed by atoms with Crippen LogP contribution in [0, 0.1) is 0 Å². The second-order valence-electron chi connectivity index (χ2n) is 16.0. The molecule has 0 N–H and O–H groups in total. The number of rotatable bonds is 41. The number of quaternary nitrogens is 1. The largest absolute Gasteiger partial charge is 0.756 e. The van der Waals surface area contributed by atoms with Crippen molar-refractivity contribution in [1.82, 2.24) is 0 Å². The van der Waals surface area contributed by atoms with Crippen LogP contribution in [0.3, 0.4) is 0 Å². The van der Waals surface area contributed by atoms with Crippen LogP contribution in [0.15, 0.2) is 48.6 Å². The van der Waals surface area contributed by atoms with Crippen molar-refractivity contribution in [2.45, 2.75) is 187 Å². The molecule has 2 atom stereocenters. The van der Waals surface area contributed by atoms with E-state index in [0.29, 0.717) is 24.1 Å². The van der Waals surface area contributed by atoms with Gasteiger partial charge in [0.25, 0.3) is 7.82 Å². The normalized spacial score (nSPS) is 14.2. The Balaban J connectivity index is 4.25. The molecular weight excluding hydrogens is 709 g/mol. The molecular formula is C46H86NO7P. The van der Waals surface area contributed by atoms with E-state index in [9.17, 15) is 14.3 Å². The average molecular weight is 796 g/mol. The van der Waals surface area contributed by atoms with Gasteiger partial charge >= 0.3 is 5.97 Å². The molecule has 0 aromatic heterocycles. The predicted molar refractivity (Wildman–Crippen MR) is 231 cm³/mol. The van der Waals surface area contributed by atoms with Crippen LogP contribution in [0.2, 0.25) is 0 Å². The molecule has 2 unspecified atom stereocenters. The van der Waals surface area contributed by atoms with E-state index in [2.05, 4.69) is 62.5 Å². The number of nitrogens with zero attached hydrogens (tertiary/aromatic N) is 1. The highest BCUT2D eigenvalue weighted by Gasteiger charge is 2.20. The highest BCUT2D eigenvalue weighted by molar-refractivity contribution is 7.45. The lowest BCUT2D eigenvalue weighted by atomic mass is 10.1. The number of allylic oxidation sites excluding steroid dienone is 8. The van der Waals surface area contributed by atoms with Crippen LogP contribution < -0.4 is 4.89 Å². The number of unbranched alkanes of at least 4 members (excludes halogenated alkanes) is 19. The van der Waals surface area contributed by atoms with E-state index in [-0.39, 0.29) is 25.8 Å². The number of likely N-dealkylation sites (N-methyl/N-ethyl adjacent to an activating group) is 1. The molecule has 0 radical (unpaired) electrons. The van der Waals surface area contributed by atoms with Gasteiger partial charge in [-0.15, -0.1) is 0 Å². The van der Waals surface area contributed by atoms with Crippen molar-refractivity contribution in [3.8, 4) is 0 Å². The van der Waals surface area contributed by atoms with E-state index < -0.39 is 13.9 Å². The monoisotopic (exact) mass is 796 g/mol. The summed E-state index contributed by atoms with van der Waals surface area (Å²) in [6.07, 6.45) is 46.9. The number of hydrogen-bond donors (Lipinski definition) is 0. The summed E-state index contributed by atoms with van der Waals surface area (Å²) in [5, 5.41) is 0. The van der Waals surface area contributed by atoms with Gasteiger partial charge in [0, 0.05) is 13.0 Å². The van der Waals surface area contributed by atoms with E-state index >= 15 is 0 Å². The third-order valence-corrected chi connectivity index (χ3v) is 10.3. The molecule has 0 rings (SSSR count). The first-order valence-electron chi connectivity index (χ1n) is 22.4. The number of phosphoric acid groups is 1. The van der Waals surface area contributed by atoms with Crippen molar-refractivity contribution in [2.24, 2.45) is 0 Å².